The minimum absolute atomic E-state index is 0.0909. The number of carbonyl (C=O) groups is 2. The van der Waals surface area contributed by atoms with Gasteiger partial charge in [0.2, 0.25) is 0 Å². The van der Waals surface area contributed by atoms with Gasteiger partial charge in [0.1, 0.15) is 18.4 Å². The summed E-state index contributed by atoms with van der Waals surface area (Å²) in [4.78, 5) is 52.7. The Bertz CT molecular complexity index is 1020. The Morgan fingerprint density at radius 3 is 2.05 bits per heavy atom. The molecule has 2 rings (SSSR count). The normalized spacial score (nSPS) is 21.8. The van der Waals surface area contributed by atoms with Crippen molar-refractivity contribution < 1.29 is 24.5 Å². The van der Waals surface area contributed by atoms with Gasteiger partial charge in [0, 0.05) is 25.5 Å². The van der Waals surface area contributed by atoms with Crippen LogP contribution in [-0.4, -0.2) is 49.1 Å². The number of hydrogen-bond acceptors (Lipinski definition) is 7. The zero-order valence-corrected chi connectivity index (χ0v) is 25.7. The highest BCUT2D eigenvalue weighted by molar-refractivity contribution is 14.1. The molecule has 1 unspecified atom stereocenters. The number of aromatic amines is 1. The van der Waals surface area contributed by atoms with E-state index < -0.39 is 46.9 Å². The lowest BCUT2D eigenvalue weighted by Crippen LogP contribution is -2.53. The Hall–Kier alpha value is -1.37. The molecule has 2 heterocycles. The average molecular weight is 663 g/mol. The van der Waals surface area contributed by atoms with Crippen molar-refractivity contribution in [3.8, 4) is 0 Å². The molecule has 0 amide bonds. The van der Waals surface area contributed by atoms with Crippen LogP contribution in [0.15, 0.2) is 15.8 Å². The highest BCUT2D eigenvalue weighted by Crippen LogP contribution is 2.40. The molecule has 1 aromatic rings. The average Bonchev–Trinajstić information content (AvgIpc) is 3.27. The smallest absolute Gasteiger partial charge is 0.330 e. The molecule has 0 radical (unpaired) electrons. The SMILES string of the molecule is CCCCCCCCCC(=O)C(O)[C@H]1O[C@@H](n2cc(I)c(=O)[nH]c2=O)C[C@@]1(O)C(=O)CCCCCCCCC. The largest absolute Gasteiger partial charge is 0.382 e. The molecule has 1 fully saturated rings. The van der Waals surface area contributed by atoms with Crippen LogP contribution in [0.5, 0.6) is 0 Å². The van der Waals surface area contributed by atoms with Crippen LogP contribution in [-0.2, 0) is 14.3 Å². The number of aliphatic hydroxyl groups excluding tert-OH is 1. The van der Waals surface area contributed by atoms with Crippen molar-refractivity contribution in [3.63, 3.8) is 0 Å². The summed E-state index contributed by atoms with van der Waals surface area (Å²) in [6, 6.07) is 0. The molecule has 0 saturated carbocycles. The van der Waals surface area contributed by atoms with E-state index in [9.17, 15) is 29.4 Å². The quantitative estimate of drug-likeness (QED) is 0.133. The molecule has 9 nitrogen and oxygen atoms in total. The predicted octanol–water partition coefficient (Wildman–Crippen LogP) is 4.94. The molecule has 1 aromatic heterocycles. The Balaban J connectivity index is 2.09. The lowest BCUT2D eigenvalue weighted by atomic mass is 9.83. The van der Waals surface area contributed by atoms with Gasteiger partial charge in [0.25, 0.3) is 5.56 Å². The number of Topliss-reactive ketones (excluding diaryl/α,β-unsaturated/α-hetero) is 2. The zero-order valence-electron chi connectivity index (χ0n) is 23.6. The number of H-pyrrole nitrogens is 1. The van der Waals surface area contributed by atoms with Gasteiger partial charge in [-0.1, -0.05) is 90.9 Å². The number of ketones is 2. The summed E-state index contributed by atoms with van der Waals surface area (Å²) in [7, 11) is 0. The van der Waals surface area contributed by atoms with Crippen molar-refractivity contribution in [1.29, 1.82) is 0 Å². The molecule has 39 heavy (non-hydrogen) atoms. The predicted molar refractivity (Wildman–Crippen MR) is 159 cm³/mol. The van der Waals surface area contributed by atoms with Crippen molar-refractivity contribution in [1.82, 2.24) is 9.55 Å². The van der Waals surface area contributed by atoms with Crippen molar-refractivity contribution in [2.45, 2.75) is 147 Å². The van der Waals surface area contributed by atoms with Crippen molar-refractivity contribution in [2.24, 2.45) is 0 Å². The van der Waals surface area contributed by atoms with Gasteiger partial charge < -0.3 is 14.9 Å². The molecule has 10 heteroatoms. The van der Waals surface area contributed by atoms with Crippen LogP contribution in [0, 0.1) is 3.57 Å². The molecule has 1 aliphatic rings. The maximum absolute atomic E-state index is 13.3. The second kappa shape index (κ2) is 17.4. The van der Waals surface area contributed by atoms with Gasteiger partial charge in [0.15, 0.2) is 17.2 Å². The van der Waals surface area contributed by atoms with E-state index in [2.05, 4.69) is 18.8 Å². The third kappa shape index (κ3) is 10.2. The molecule has 0 aromatic carbocycles. The molecule has 222 valence electrons. The van der Waals surface area contributed by atoms with Gasteiger partial charge in [-0.05, 0) is 35.4 Å². The highest BCUT2D eigenvalue weighted by atomic mass is 127. The number of halogens is 1. The fourth-order valence-electron chi connectivity index (χ4n) is 5.19. The van der Waals surface area contributed by atoms with Gasteiger partial charge >= 0.3 is 5.69 Å². The monoisotopic (exact) mass is 662 g/mol. The van der Waals surface area contributed by atoms with Crippen molar-refractivity contribution in [2.75, 3.05) is 0 Å². The van der Waals surface area contributed by atoms with Crippen LogP contribution in [0.4, 0.5) is 0 Å². The van der Waals surface area contributed by atoms with E-state index in [0.29, 0.717) is 12.8 Å². The van der Waals surface area contributed by atoms with Gasteiger partial charge in [0.05, 0.1) is 3.57 Å². The molecular weight excluding hydrogens is 615 g/mol. The number of unbranched alkanes of at least 4 members (excludes halogenated alkanes) is 12. The van der Waals surface area contributed by atoms with Crippen LogP contribution in [0.3, 0.4) is 0 Å². The zero-order chi connectivity index (χ0) is 28.8. The van der Waals surface area contributed by atoms with Gasteiger partial charge in [-0.3, -0.25) is 23.9 Å². The van der Waals surface area contributed by atoms with Gasteiger partial charge in [-0.25, -0.2) is 4.79 Å². The number of aliphatic hydroxyl groups is 2. The number of aromatic nitrogens is 2. The van der Waals surface area contributed by atoms with E-state index in [1.54, 1.807) is 22.6 Å². The summed E-state index contributed by atoms with van der Waals surface area (Å²) >= 11 is 1.78. The van der Waals surface area contributed by atoms with Crippen LogP contribution in [0.2, 0.25) is 0 Å². The maximum Gasteiger partial charge on any atom is 0.330 e. The summed E-state index contributed by atoms with van der Waals surface area (Å²) in [6.07, 6.45) is 11.1. The summed E-state index contributed by atoms with van der Waals surface area (Å²) in [5.74, 6) is -0.988. The van der Waals surface area contributed by atoms with Crippen LogP contribution >= 0.6 is 22.6 Å². The first-order valence-corrected chi connectivity index (χ1v) is 15.9. The molecule has 1 aliphatic heterocycles. The molecule has 4 atom stereocenters. The molecular formula is C29H47IN2O7. The first-order chi connectivity index (χ1) is 18.7. The Labute approximate surface area is 245 Å². The number of hydrogen-bond donors (Lipinski definition) is 3. The number of carbonyl (C=O) groups excluding carboxylic acids is 2. The van der Waals surface area contributed by atoms with E-state index in [-0.39, 0.29) is 22.8 Å². The Morgan fingerprint density at radius 2 is 1.49 bits per heavy atom. The molecule has 0 bridgehead atoms. The van der Waals surface area contributed by atoms with Crippen LogP contribution < -0.4 is 11.2 Å². The minimum Gasteiger partial charge on any atom is -0.382 e. The molecule has 0 spiro atoms. The number of nitrogens with zero attached hydrogens (tertiary/aromatic N) is 1. The molecule has 3 N–H and O–H groups in total. The number of nitrogens with one attached hydrogen (secondary N) is 1. The van der Waals surface area contributed by atoms with E-state index in [1.165, 1.54) is 25.5 Å². The fraction of sp³-hybridized carbons (Fsp3) is 0.793. The minimum atomic E-state index is -2.12. The Kier molecular flexibility index (Phi) is 15.1. The fourth-order valence-corrected chi connectivity index (χ4v) is 5.63. The van der Waals surface area contributed by atoms with E-state index in [1.807, 2.05) is 0 Å². The lowest BCUT2D eigenvalue weighted by Gasteiger charge is -2.29. The third-order valence-electron chi connectivity index (χ3n) is 7.63. The Morgan fingerprint density at radius 1 is 0.974 bits per heavy atom. The van der Waals surface area contributed by atoms with Crippen molar-refractivity contribution >= 4 is 34.2 Å². The summed E-state index contributed by atoms with van der Waals surface area (Å²) < 4.78 is 7.21. The third-order valence-corrected chi connectivity index (χ3v) is 8.40. The second-order valence-corrected chi connectivity index (χ2v) is 12.0. The van der Waals surface area contributed by atoms with E-state index >= 15 is 0 Å². The first-order valence-electron chi connectivity index (χ1n) is 14.8. The standard InChI is InChI=1S/C29H47IN2O7/c1-3-5-7-9-11-13-15-17-22(33)25(35)26-29(38,23(34)18-16-14-12-10-8-6-4-2)19-24(39-26)32-20-21(30)27(36)31-28(32)37/h20,24-26,35,38H,3-19H2,1-2H3,(H,31,36,37)/t24-,25?,26-,29-/m1/s1. The van der Waals surface area contributed by atoms with Gasteiger partial charge in [-0.15, -0.1) is 0 Å². The summed E-state index contributed by atoms with van der Waals surface area (Å²) in [6.45, 7) is 4.31. The summed E-state index contributed by atoms with van der Waals surface area (Å²) in [5, 5.41) is 22.5. The van der Waals surface area contributed by atoms with E-state index in [4.69, 9.17) is 4.74 Å². The van der Waals surface area contributed by atoms with Gasteiger partial charge in [-0.2, -0.15) is 0 Å². The second-order valence-electron chi connectivity index (χ2n) is 10.9. The number of rotatable bonds is 20. The topological polar surface area (TPSA) is 139 Å². The lowest BCUT2D eigenvalue weighted by molar-refractivity contribution is -0.160. The first kappa shape index (κ1) is 33.8. The highest BCUT2D eigenvalue weighted by Gasteiger charge is 2.56. The van der Waals surface area contributed by atoms with Crippen LogP contribution in [0.25, 0.3) is 0 Å². The van der Waals surface area contributed by atoms with E-state index in [0.717, 1.165) is 62.4 Å². The van der Waals surface area contributed by atoms with Crippen molar-refractivity contribution in [3.05, 3.63) is 30.6 Å². The molecule has 0 aliphatic carbocycles. The number of ether oxygens (including phenoxy) is 1. The maximum atomic E-state index is 13.3. The molecule has 1 saturated heterocycles. The van der Waals surface area contributed by atoms with Crippen LogP contribution in [0.1, 0.15) is 129 Å². The summed E-state index contributed by atoms with van der Waals surface area (Å²) in [5.41, 5.74) is -3.43.